The third kappa shape index (κ3) is 2.91. The van der Waals surface area contributed by atoms with Gasteiger partial charge in [0.15, 0.2) is 5.78 Å². The van der Waals surface area contributed by atoms with Crippen molar-refractivity contribution in [3.8, 4) is 0 Å². The molecule has 2 aliphatic heterocycles. The van der Waals surface area contributed by atoms with E-state index in [0.29, 0.717) is 41.4 Å². The fourth-order valence-corrected chi connectivity index (χ4v) is 4.43. The first-order chi connectivity index (χ1) is 14.6. The van der Waals surface area contributed by atoms with Crippen LogP contribution in [0.3, 0.4) is 0 Å². The highest BCUT2D eigenvalue weighted by Crippen LogP contribution is 2.42. The highest BCUT2D eigenvalue weighted by Gasteiger charge is 2.40. The summed E-state index contributed by atoms with van der Waals surface area (Å²) in [5.41, 5.74) is 3.06. The minimum Gasteiger partial charge on any atom is -0.384 e. The summed E-state index contributed by atoms with van der Waals surface area (Å²) in [6.07, 6.45) is 1.50. The molecule has 0 aliphatic carbocycles. The molecule has 3 heterocycles. The molecule has 2 aromatic carbocycles. The van der Waals surface area contributed by atoms with E-state index in [1.54, 1.807) is 16.8 Å². The fourth-order valence-electron chi connectivity index (χ4n) is 4.43. The molecule has 3 aromatic rings. The van der Waals surface area contributed by atoms with Crippen molar-refractivity contribution in [2.24, 2.45) is 4.99 Å². The van der Waals surface area contributed by atoms with Gasteiger partial charge in [-0.1, -0.05) is 12.1 Å². The Morgan fingerprint density at radius 1 is 1.17 bits per heavy atom. The van der Waals surface area contributed by atoms with Gasteiger partial charge in [-0.15, -0.1) is 0 Å². The summed E-state index contributed by atoms with van der Waals surface area (Å²) in [5, 5.41) is 7.61. The second-order valence-electron chi connectivity index (χ2n) is 7.45. The van der Waals surface area contributed by atoms with Crippen molar-refractivity contribution in [1.29, 1.82) is 0 Å². The SMILES string of the molecule is CCn1ncnc1C1C2=NCC(=O)c3cc(F)cc(c32)NCC1c1ccc(F)cc1. The van der Waals surface area contributed by atoms with Crippen LogP contribution >= 0.6 is 0 Å². The Labute approximate surface area is 171 Å². The Hall–Kier alpha value is -3.42. The van der Waals surface area contributed by atoms with Crippen LogP contribution in [0.1, 0.15) is 46.1 Å². The van der Waals surface area contributed by atoms with Crippen LogP contribution in [-0.4, -0.2) is 39.3 Å². The molecule has 2 atom stereocenters. The molecule has 1 N–H and O–H groups in total. The summed E-state index contributed by atoms with van der Waals surface area (Å²) in [6, 6.07) is 9.00. The van der Waals surface area contributed by atoms with Crippen molar-refractivity contribution in [3.05, 3.63) is 76.9 Å². The number of aryl methyl sites for hydroxylation is 1. The number of aromatic nitrogens is 3. The van der Waals surface area contributed by atoms with Gasteiger partial charge in [-0.25, -0.2) is 18.4 Å². The maximum Gasteiger partial charge on any atom is 0.185 e. The Bertz CT molecular complexity index is 1170. The first kappa shape index (κ1) is 18.6. The predicted octanol–water partition coefficient (Wildman–Crippen LogP) is 3.55. The van der Waals surface area contributed by atoms with Gasteiger partial charge in [0.1, 0.15) is 30.3 Å². The molecule has 0 fully saturated rings. The zero-order valence-corrected chi connectivity index (χ0v) is 16.3. The van der Waals surface area contributed by atoms with E-state index < -0.39 is 5.82 Å². The lowest BCUT2D eigenvalue weighted by Crippen LogP contribution is -2.30. The van der Waals surface area contributed by atoms with Crippen molar-refractivity contribution in [2.75, 3.05) is 18.4 Å². The number of halogens is 2. The van der Waals surface area contributed by atoms with Gasteiger partial charge < -0.3 is 5.32 Å². The molecule has 2 aliphatic rings. The van der Waals surface area contributed by atoms with Gasteiger partial charge in [-0.3, -0.25) is 9.79 Å². The molecule has 0 amide bonds. The summed E-state index contributed by atoms with van der Waals surface area (Å²) < 4.78 is 29.6. The van der Waals surface area contributed by atoms with E-state index in [4.69, 9.17) is 0 Å². The molecule has 0 radical (unpaired) electrons. The van der Waals surface area contributed by atoms with E-state index in [1.807, 2.05) is 6.92 Å². The van der Waals surface area contributed by atoms with Crippen LogP contribution in [0.4, 0.5) is 14.5 Å². The molecule has 0 spiro atoms. The molecule has 30 heavy (non-hydrogen) atoms. The summed E-state index contributed by atoms with van der Waals surface area (Å²) in [5.74, 6) is -0.794. The third-order valence-corrected chi connectivity index (χ3v) is 5.78. The maximum atomic E-state index is 14.3. The predicted molar refractivity (Wildman–Crippen MR) is 108 cm³/mol. The number of carbonyl (C=O) groups is 1. The van der Waals surface area contributed by atoms with Crippen LogP contribution in [0.15, 0.2) is 47.7 Å². The van der Waals surface area contributed by atoms with E-state index in [-0.39, 0.29) is 30.0 Å². The summed E-state index contributed by atoms with van der Waals surface area (Å²) >= 11 is 0. The minimum absolute atomic E-state index is 0.0435. The highest BCUT2D eigenvalue weighted by atomic mass is 19.1. The number of carbonyl (C=O) groups excluding carboxylic acids is 1. The molecule has 1 aromatic heterocycles. The van der Waals surface area contributed by atoms with Gasteiger partial charge in [0.25, 0.3) is 0 Å². The summed E-state index contributed by atoms with van der Waals surface area (Å²) in [4.78, 5) is 21.7. The molecule has 8 heteroatoms. The van der Waals surface area contributed by atoms with Crippen LogP contribution in [-0.2, 0) is 6.54 Å². The van der Waals surface area contributed by atoms with Crippen molar-refractivity contribution in [2.45, 2.75) is 25.3 Å². The zero-order chi connectivity index (χ0) is 20.8. The normalized spacial score (nSPS) is 20.2. The molecule has 6 nitrogen and oxygen atoms in total. The molecule has 0 bridgehead atoms. The van der Waals surface area contributed by atoms with E-state index in [2.05, 4.69) is 20.4 Å². The third-order valence-electron chi connectivity index (χ3n) is 5.78. The molecule has 5 rings (SSSR count). The van der Waals surface area contributed by atoms with E-state index in [0.717, 1.165) is 5.56 Å². The van der Waals surface area contributed by atoms with Crippen LogP contribution in [0.25, 0.3) is 0 Å². The lowest BCUT2D eigenvalue weighted by atomic mass is 9.78. The van der Waals surface area contributed by atoms with E-state index in [1.165, 1.54) is 30.6 Å². The van der Waals surface area contributed by atoms with Crippen molar-refractivity contribution in [1.82, 2.24) is 14.8 Å². The molecule has 2 unspecified atom stereocenters. The summed E-state index contributed by atoms with van der Waals surface area (Å²) in [7, 11) is 0. The van der Waals surface area contributed by atoms with Crippen LogP contribution in [0.2, 0.25) is 0 Å². The summed E-state index contributed by atoms with van der Waals surface area (Å²) in [6.45, 7) is 2.99. The lowest BCUT2D eigenvalue weighted by Gasteiger charge is -2.28. The first-order valence-corrected chi connectivity index (χ1v) is 9.85. The topological polar surface area (TPSA) is 72.2 Å². The number of nitrogens with one attached hydrogen (secondary N) is 1. The standard InChI is InChI=1S/C22H19F2N5O/c1-2-29-22(27-11-28-29)20-16(12-3-5-13(23)6-4-12)9-25-17-8-14(24)7-15-18(30)10-26-21(20)19(15)17/h3-8,11,16,20,25H,2,9-10H2,1H3. The maximum absolute atomic E-state index is 14.3. The van der Waals surface area contributed by atoms with Crippen LogP contribution in [0, 0.1) is 11.6 Å². The number of aliphatic imine (C=N–C) groups is 1. The van der Waals surface area contributed by atoms with Crippen molar-refractivity contribution >= 4 is 17.2 Å². The quantitative estimate of drug-likeness (QED) is 0.721. The van der Waals surface area contributed by atoms with E-state index in [9.17, 15) is 13.6 Å². The van der Waals surface area contributed by atoms with Crippen LogP contribution < -0.4 is 5.32 Å². The van der Waals surface area contributed by atoms with Crippen molar-refractivity contribution in [3.63, 3.8) is 0 Å². The molecule has 0 saturated heterocycles. The number of Topliss-reactive ketones (excluding diaryl/α,β-unsaturated/α-hetero) is 1. The number of benzene rings is 2. The van der Waals surface area contributed by atoms with Gasteiger partial charge >= 0.3 is 0 Å². The molecule has 0 saturated carbocycles. The largest absolute Gasteiger partial charge is 0.384 e. The number of anilines is 1. The second-order valence-corrected chi connectivity index (χ2v) is 7.45. The number of hydrogen-bond acceptors (Lipinski definition) is 5. The van der Waals surface area contributed by atoms with Crippen molar-refractivity contribution < 1.29 is 13.6 Å². The molecular weight excluding hydrogens is 388 g/mol. The Morgan fingerprint density at radius 2 is 1.97 bits per heavy atom. The average Bonchev–Trinajstić information content (AvgIpc) is 3.15. The van der Waals surface area contributed by atoms with Gasteiger partial charge in [0.05, 0.1) is 11.6 Å². The second kappa shape index (κ2) is 7.12. The minimum atomic E-state index is -0.473. The van der Waals surface area contributed by atoms with Gasteiger partial charge in [0, 0.05) is 35.8 Å². The fraction of sp³-hybridized carbons (Fsp3) is 0.273. The average molecular weight is 407 g/mol. The lowest BCUT2D eigenvalue weighted by molar-refractivity contribution is 0.0999. The van der Waals surface area contributed by atoms with Gasteiger partial charge in [0.2, 0.25) is 0 Å². The Morgan fingerprint density at radius 3 is 2.73 bits per heavy atom. The van der Waals surface area contributed by atoms with Gasteiger partial charge in [-0.05, 0) is 36.8 Å². The Balaban J connectivity index is 1.75. The monoisotopic (exact) mass is 407 g/mol. The molecule has 152 valence electrons. The first-order valence-electron chi connectivity index (χ1n) is 9.85. The Kier molecular flexibility index (Phi) is 4.42. The highest BCUT2D eigenvalue weighted by molar-refractivity contribution is 6.20. The van der Waals surface area contributed by atoms with Gasteiger partial charge in [-0.2, -0.15) is 5.10 Å². The zero-order valence-electron chi connectivity index (χ0n) is 16.3. The number of hydrogen-bond donors (Lipinski definition) is 1. The number of rotatable bonds is 3. The van der Waals surface area contributed by atoms with Crippen LogP contribution in [0.5, 0.6) is 0 Å². The molecular formula is C22H19F2N5O. The smallest absolute Gasteiger partial charge is 0.185 e. The number of nitrogens with zero attached hydrogens (tertiary/aromatic N) is 4. The van der Waals surface area contributed by atoms with E-state index >= 15 is 0 Å². The number of ketones is 1.